The van der Waals surface area contributed by atoms with Gasteiger partial charge in [-0.3, -0.25) is 15.8 Å². The summed E-state index contributed by atoms with van der Waals surface area (Å²) in [6, 6.07) is 9.31. The lowest BCUT2D eigenvalue weighted by Crippen LogP contribution is -2.44. The summed E-state index contributed by atoms with van der Waals surface area (Å²) in [6.45, 7) is 3.10. The Morgan fingerprint density at radius 2 is 1.83 bits per heavy atom. The number of amides is 1. The van der Waals surface area contributed by atoms with Crippen LogP contribution in [0.3, 0.4) is 0 Å². The Hall–Kier alpha value is -3.49. The van der Waals surface area contributed by atoms with Crippen LogP contribution in [0.4, 0.5) is 24.9 Å². The number of nitrogens with two attached hydrogens (primary N) is 1. The Bertz CT molecular complexity index is 1330. The second-order valence-electron chi connectivity index (χ2n) is 8.47. The molecule has 0 saturated carbocycles. The minimum atomic E-state index is -4.56. The monoisotopic (exact) mass is 528 g/mol. The SMILES string of the molecule is CC1(c2cc(NC(=O)Cc3ccc(-c4c[nH+]c(N)c(C(F)(F)F)c4)cc3)on2)COC1.CS(=O)(=O)[O-]. The molecule has 1 saturated heterocycles. The van der Waals surface area contributed by atoms with Gasteiger partial charge in [0.1, 0.15) is 5.56 Å². The summed E-state index contributed by atoms with van der Waals surface area (Å²) in [4.78, 5) is 14.7. The van der Waals surface area contributed by atoms with Gasteiger partial charge in [0.2, 0.25) is 11.8 Å². The van der Waals surface area contributed by atoms with Crippen molar-refractivity contribution in [2.75, 3.05) is 30.5 Å². The highest BCUT2D eigenvalue weighted by atomic mass is 32.2. The van der Waals surface area contributed by atoms with Crippen LogP contribution >= 0.6 is 0 Å². The van der Waals surface area contributed by atoms with Crippen molar-refractivity contribution in [3.63, 3.8) is 0 Å². The van der Waals surface area contributed by atoms with Crippen LogP contribution in [0.25, 0.3) is 11.1 Å². The molecule has 0 spiro atoms. The van der Waals surface area contributed by atoms with Gasteiger partial charge in [-0.25, -0.2) is 13.4 Å². The molecule has 1 aromatic carbocycles. The first kappa shape index (κ1) is 27.1. The molecule has 3 heterocycles. The van der Waals surface area contributed by atoms with E-state index in [0.29, 0.717) is 36.2 Å². The molecule has 4 N–H and O–H groups in total. The number of carbonyl (C=O) groups excluding carboxylic acids is 1. The van der Waals surface area contributed by atoms with Crippen LogP contribution in [0.1, 0.15) is 23.7 Å². The summed E-state index contributed by atoms with van der Waals surface area (Å²) in [6.07, 6.45) is -2.48. The number of aromatic amines is 1. The fraction of sp³-hybridized carbons (Fsp3) is 0.318. The van der Waals surface area contributed by atoms with Crippen molar-refractivity contribution in [1.82, 2.24) is 5.16 Å². The number of nitrogen functional groups attached to an aromatic ring is 1. The molecule has 1 aliphatic heterocycles. The highest BCUT2D eigenvalue weighted by Crippen LogP contribution is 2.34. The highest BCUT2D eigenvalue weighted by Gasteiger charge is 2.38. The maximum absolute atomic E-state index is 13.1. The van der Waals surface area contributed by atoms with Crippen LogP contribution in [-0.2, 0) is 37.7 Å². The Kier molecular flexibility index (Phi) is 7.71. The molecule has 36 heavy (non-hydrogen) atoms. The third kappa shape index (κ3) is 7.26. The molecule has 194 valence electrons. The van der Waals surface area contributed by atoms with Gasteiger partial charge in [0.15, 0.2) is 0 Å². The summed E-state index contributed by atoms with van der Waals surface area (Å²) >= 11 is 0. The number of alkyl halides is 3. The molecule has 0 bridgehead atoms. The van der Waals surface area contributed by atoms with Crippen LogP contribution in [0.15, 0.2) is 47.1 Å². The van der Waals surface area contributed by atoms with E-state index in [1.807, 2.05) is 6.92 Å². The Balaban J connectivity index is 0.000000658. The fourth-order valence-electron chi connectivity index (χ4n) is 3.27. The molecule has 3 aromatic rings. The Morgan fingerprint density at radius 3 is 2.36 bits per heavy atom. The van der Waals surface area contributed by atoms with E-state index in [2.05, 4.69) is 15.5 Å². The van der Waals surface area contributed by atoms with Gasteiger partial charge in [-0.2, -0.15) is 13.2 Å². The number of benzene rings is 1. The summed E-state index contributed by atoms with van der Waals surface area (Å²) in [5, 5.41) is 6.64. The van der Waals surface area contributed by atoms with E-state index in [4.69, 9.17) is 28.0 Å². The molecule has 0 radical (unpaired) electrons. The Morgan fingerprint density at radius 1 is 1.22 bits per heavy atom. The van der Waals surface area contributed by atoms with Gasteiger partial charge in [-0.1, -0.05) is 29.4 Å². The molecule has 0 atom stereocenters. The lowest BCUT2D eigenvalue weighted by Gasteiger charge is -2.35. The first-order valence-electron chi connectivity index (χ1n) is 10.4. The number of hydrogen-bond donors (Lipinski definition) is 2. The van der Waals surface area contributed by atoms with Crippen LogP contribution in [0.5, 0.6) is 0 Å². The zero-order valence-electron chi connectivity index (χ0n) is 19.2. The lowest BCUT2D eigenvalue weighted by molar-refractivity contribution is -0.362. The van der Waals surface area contributed by atoms with E-state index < -0.39 is 27.7 Å². The molecule has 1 fully saturated rings. The van der Waals surface area contributed by atoms with Crippen LogP contribution in [0.2, 0.25) is 0 Å². The van der Waals surface area contributed by atoms with Crippen molar-refractivity contribution in [2.45, 2.75) is 24.9 Å². The standard InChI is InChI=1S/C21H19F3N4O3.CH4O3S/c1-20(10-30-11-20)16-8-18(31-28-16)27-17(29)6-12-2-4-13(5-3-12)14-7-15(21(22,23)24)19(25)26-9-14;1-5(2,3)4/h2-5,7-9H,6,10-11H2,1H3,(H2,25,26)(H,27,29);1H3,(H,2,3,4). The van der Waals surface area contributed by atoms with Crippen molar-refractivity contribution in [1.29, 1.82) is 0 Å². The molecule has 0 unspecified atom stereocenters. The van der Waals surface area contributed by atoms with Crippen molar-refractivity contribution in [3.05, 3.63) is 59.4 Å². The third-order valence-electron chi connectivity index (χ3n) is 5.16. The van der Waals surface area contributed by atoms with E-state index in [-0.39, 0.29) is 23.6 Å². The molecule has 4 rings (SSSR count). The number of hydrogen-bond acceptors (Lipinski definition) is 8. The number of ether oxygens (including phenoxy) is 1. The van der Waals surface area contributed by atoms with E-state index in [1.54, 1.807) is 30.3 Å². The summed E-state index contributed by atoms with van der Waals surface area (Å²) in [7, 11) is -3.92. The number of nitrogens with one attached hydrogen (secondary N) is 2. The number of H-pyrrole nitrogens is 1. The lowest BCUT2D eigenvalue weighted by atomic mass is 9.85. The van der Waals surface area contributed by atoms with Crippen molar-refractivity contribution in [2.24, 2.45) is 0 Å². The highest BCUT2D eigenvalue weighted by molar-refractivity contribution is 7.84. The second-order valence-corrected chi connectivity index (χ2v) is 9.88. The topological polar surface area (TPSA) is 162 Å². The first-order valence-corrected chi connectivity index (χ1v) is 12.2. The number of anilines is 2. The normalized spacial score (nSPS) is 14.8. The minimum absolute atomic E-state index is 0.0678. The zero-order valence-corrected chi connectivity index (χ0v) is 20.0. The van der Waals surface area contributed by atoms with E-state index in [9.17, 15) is 18.0 Å². The van der Waals surface area contributed by atoms with Gasteiger partial charge in [-0.05, 0) is 24.1 Å². The molecule has 1 aliphatic rings. The third-order valence-corrected chi connectivity index (χ3v) is 5.16. The number of halogens is 3. The number of rotatable bonds is 5. The van der Waals surface area contributed by atoms with Gasteiger partial charge >= 0.3 is 6.18 Å². The largest absolute Gasteiger partial charge is 0.748 e. The predicted molar refractivity (Wildman–Crippen MR) is 120 cm³/mol. The molecular formula is C22H23F3N4O6S. The molecule has 0 aliphatic carbocycles. The maximum Gasteiger partial charge on any atom is 0.424 e. The van der Waals surface area contributed by atoms with E-state index in [1.165, 1.54) is 6.20 Å². The molecular weight excluding hydrogens is 505 g/mol. The van der Waals surface area contributed by atoms with Crippen molar-refractivity contribution >= 4 is 27.7 Å². The van der Waals surface area contributed by atoms with Gasteiger partial charge in [-0.15, -0.1) is 0 Å². The molecule has 2 aromatic heterocycles. The predicted octanol–water partition coefficient (Wildman–Crippen LogP) is 2.39. The summed E-state index contributed by atoms with van der Waals surface area (Å²) in [5.41, 5.74) is 6.57. The average molecular weight is 529 g/mol. The van der Waals surface area contributed by atoms with Gasteiger partial charge < -0.3 is 13.8 Å². The van der Waals surface area contributed by atoms with E-state index in [0.717, 1.165) is 11.8 Å². The average Bonchev–Trinajstić information content (AvgIpc) is 3.19. The number of pyridine rings is 1. The molecule has 10 nitrogen and oxygen atoms in total. The van der Waals surface area contributed by atoms with Crippen LogP contribution in [-0.4, -0.2) is 43.5 Å². The fourth-order valence-corrected chi connectivity index (χ4v) is 3.27. The van der Waals surface area contributed by atoms with Gasteiger partial charge in [0.25, 0.3) is 5.82 Å². The first-order chi connectivity index (χ1) is 16.6. The number of carbonyl (C=O) groups is 1. The zero-order chi connectivity index (χ0) is 26.7. The van der Waals surface area contributed by atoms with Crippen molar-refractivity contribution < 1.29 is 45.2 Å². The number of aromatic nitrogens is 2. The molecule has 14 heteroatoms. The summed E-state index contributed by atoms with van der Waals surface area (Å²) in [5.74, 6) is -0.494. The quantitative estimate of drug-likeness (QED) is 0.477. The van der Waals surface area contributed by atoms with Gasteiger partial charge in [0, 0.05) is 17.9 Å². The number of nitrogens with zero attached hydrogens (tertiary/aromatic N) is 1. The van der Waals surface area contributed by atoms with Crippen LogP contribution < -0.4 is 16.0 Å². The minimum Gasteiger partial charge on any atom is -0.748 e. The van der Waals surface area contributed by atoms with Crippen LogP contribution in [0, 0.1) is 0 Å². The van der Waals surface area contributed by atoms with Gasteiger partial charge in [0.05, 0.1) is 47.1 Å². The Labute approximate surface area is 204 Å². The van der Waals surface area contributed by atoms with Crippen molar-refractivity contribution in [3.8, 4) is 11.1 Å². The maximum atomic E-state index is 13.1. The smallest absolute Gasteiger partial charge is 0.424 e. The molecule has 1 amide bonds. The summed E-state index contributed by atoms with van der Waals surface area (Å²) < 4.78 is 76.8. The second kappa shape index (κ2) is 10.2. The van der Waals surface area contributed by atoms with E-state index >= 15 is 0 Å².